The zero-order valence-corrected chi connectivity index (χ0v) is 40.5. The molecule has 1 atom stereocenters. The Hall–Kier alpha value is -3.93. The molecule has 0 rings (SSSR count). The summed E-state index contributed by atoms with van der Waals surface area (Å²) in [4.78, 5) is 37.9. The van der Waals surface area contributed by atoms with Crippen LogP contribution in [0.3, 0.4) is 0 Å². The molecule has 0 amide bonds. The molecule has 0 aromatic carbocycles. The Morgan fingerprint density at radius 3 is 1.19 bits per heavy atom. The number of ether oxygens (including phenoxy) is 3. The van der Waals surface area contributed by atoms with E-state index >= 15 is 0 Å². The fraction of sp³-hybridized carbons (Fsp3) is 0.632. The summed E-state index contributed by atoms with van der Waals surface area (Å²) in [6.07, 6.45) is 67.9. The van der Waals surface area contributed by atoms with Crippen molar-refractivity contribution in [3.63, 3.8) is 0 Å². The Labute approximate surface area is 387 Å². The van der Waals surface area contributed by atoms with Gasteiger partial charge in [-0.15, -0.1) is 0 Å². The van der Waals surface area contributed by atoms with Crippen molar-refractivity contribution in [2.45, 2.75) is 219 Å². The van der Waals surface area contributed by atoms with Gasteiger partial charge in [0.2, 0.25) is 0 Å². The van der Waals surface area contributed by atoms with Crippen molar-refractivity contribution in [2.75, 3.05) is 13.2 Å². The van der Waals surface area contributed by atoms with Gasteiger partial charge in [-0.3, -0.25) is 14.4 Å². The number of unbranched alkanes of at least 4 members (excludes halogenated alkanes) is 19. The van der Waals surface area contributed by atoms with Crippen molar-refractivity contribution < 1.29 is 28.6 Å². The number of esters is 3. The lowest BCUT2D eigenvalue weighted by atomic mass is 10.1. The number of carbonyl (C=O) groups excluding carboxylic acids is 3. The number of hydrogen-bond donors (Lipinski definition) is 0. The van der Waals surface area contributed by atoms with Crippen molar-refractivity contribution in [1.82, 2.24) is 0 Å². The van der Waals surface area contributed by atoms with Gasteiger partial charge in [0.15, 0.2) is 6.10 Å². The Bertz CT molecular complexity index is 1330. The maximum absolute atomic E-state index is 12.8. The summed E-state index contributed by atoms with van der Waals surface area (Å²) in [6.45, 7) is 6.28. The van der Waals surface area contributed by atoms with Crippen molar-refractivity contribution in [1.29, 1.82) is 0 Å². The highest BCUT2D eigenvalue weighted by molar-refractivity contribution is 5.71. The second-order valence-corrected chi connectivity index (χ2v) is 16.4. The zero-order chi connectivity index (χ0) is 45.8. The minimum Gasteiger partial charge on any atom is -0.462 e. The van der Waals surface area contributed by atoms with Crippen LogP contribution < -0.4 is 0 Å². The fourth-order valence-corrected chi connectivity index (χ4v) is 6.57. The first-order valence-corrected chi connectivity index (χ1v) is 25.5. The fourth-order valence-electron chi connectivity index (χ4n) is 6.57. The van der Waals surface area contributed by atoms with Gasteiger partial charge in [-0.2, -0.15) is 0 Å². The van der Waals surface area contributed by atoms with Crippen LogP contribution in [0, 0.1) is 0 Å². The lowest BCUT2D eigenvalue weighted by Gasteiger charge is -2.18. The lowest BCUT2D eigenvalue weighted by Crippen LogP contribution is -2.30. The Morgan fingerprint density at radius 2 is 0.698 bits per heavy atom. The highest BCUT2D eigenvalue weighted by Gasteiger charge is 2.19. The number of hydrogen-bond acceptors (Lipinski definition) is 6. The van der Waals surface area contributed by atoms with Gasteiger partial charge in [0.1, 0.15) is 13.2 Å². The molecule has 0 heterocycles. The average Bonchev–Trinajstić information content (AvgIpc) is 3.28. The van der Waals surface area contributed by atoms with Crippen LogP contribution in [0.5, 0.6) is 0 Å². The summed E-state index contributed by atoms with van der Waals surface area (Å²) in [5.74, 6) is -0.966. The standard InChI is InChI=1S/C57H92O6/c1-4-7-10-13-16-19-22-24-26-27-28-29-31-32-35-38-41-44-47-50-56(59)62-53-54(52-61-55(58)49-46-43-40-37-34-21-18-15-12-9-6-3)63-57(60)51-48-45-42-39-36-33-30-25-23-20-17-14-11-8-5-2/h7-8,10-11,14-20,23-26,30,33,36,54H,4-6,9,12-13,21-22,27-29,31-32,34-35,37-53H2,1-3H3/b10-7-,11-8-,17-14-,18-15-,19-16-,23-20-,26-24-,30-25-,36-33-. The van der Waals surface area contributed by atoms with Crippen LogP contribution in [-0.4, -0.2) is 37.2 Å². The van der Waals surface area contributed by atoms with Gasteiger partial charge in [0.25, 0.3) is 0 Å². The Kier molecular flexibility index (Phi) is 47.5. The van der Waals surface area contributed by atoms with Crippen LogP contribution in [-0.2, 0) is 28.6 Å². The largest absolute Gasteiger partial charge is 0.462 e. The van der Waals surface area contributed by atoms with Gasteiger partial charge in [-0.05, 0) is 89.9 Å². The molecular formula is C57H92O6. The first-order chi connectivity index (χ1) is 31.0. The van der Waals surface area contributed by atoms with E-state index in [1.54, 1.807) is 0 Å². The molecule has 0 spiro atoms. The molecular weight excluding hydrogens is 781 g/mol. The summed E-state index contributed by atoms with van der Waals surface area (Å²) in [7, 11) is 0. The van der Waals surface area contributed by atoms with Crippen LogP contribution in [0.25, 0.3) is 0 Å². The van der Waals surface area contributed by atoms with Crippen LogP contribution in [0.4, 0.5) is 0 Å². The van der Waals surface area contributed by atoms with E-state index in [2.05, 4.69) is 81.5 Å². The second kappa shape index (κ2) is 50.7. The van der Waals surface area contributed by atoms with E-state index in [1.807, 2.05) is 48.6 Å². The van der Waals surface area contributed by atoms with Crippen molar-refractivity contribution in [3.8, 4) is 0 Å². The van der Waals surface area contributed by atoms with Crippen LogP contribution in [0.1, 0.15) is 213 Å². The summed E-state index contributed by atoms with van der Waals surface area (Å²) in [5, 5.41) is 0. The van der Waals surface area contributed by atoms with E-state index < -0.39 is 6.10 Å². The van der Waals surface area contributed by atoms with Gasteiger partial charge >= 0.3 is 17.9 Å². The highest BCUT2D eigenvalue weighted by Crippen LogP contribution is 2.14. The monoisotopic (exact) mass is 873 g/mol. The van der Waals surface area contributed by atoms with Gasteiger partial charge in [0.05, 0.1) is 0 Å². The van der Waals surface area contributed by atoms with Gasteiger partial charge in [-0.25, -0.2) is 0 Å². The maximum atomic E-state index is 12.8. The number of carbonyl (C=O) groups is 3. The summed E-state index contributed by atoms with van der Waals surface area (Å²) >= 11 is 0. The van der Waals surface area contributed by atoms with Crippen molar-refractivity contribution in [2.24, 2.45) is 0 Å². The predicted octanol–water partition coefficient (Wildman–Crippen LogP) is 16.8. The Morgan fingerprint density at radius 1 is 0.349 bits per heavy atom. The molecule has 1 unspecified atom stereocenters. The summed E-state index contributed by atoms with van der Waals surface area (Å²) in [5.41, 5.74) is 0. The smallest absolute Gasteiger partial charge is 0.306 e. The molecule has 6 nitrogen and oxygen atoms in total. The second-order valence-electron chi connectivity index (χ2n) is 16.4. The third kappa shape index (κ3) is 49.0. The molecule has 0 bridgehead atoms. The van der Waals surface area contributed by atoms with E-state index in [0.717, 1.165) is 96.3 Å². The van der Waals surface area contributed by atoms with Gasteiger partial charge in [-0.1, -0.05) is 214 Å². The molecule has 0 aromatic heterocycles. The molecule has 0 aliphatic carbocycles. The SMILES string of the molecule is CC\C=C/C=C\C=C/C=C\C=C/CCCCCC(=O)OC(COC(=O)CCCCCCC/C=C\CCCC)COC(=O)CCCCCCCCCCC/C=C\C/C=C\C/C=C\CC. The number of allylic oxidation sites excluding steroid dienone is 18. The molecule has 0 aliphatic heterocycles. The molecule has 0 aliphatic rings. The molecule has 0 N–H and O–H groups in total. The molecule has 63 heavy (non-hydrogen) atoms. The van der Waals surface area contributed by atoms with E-state index in [-0.39, 0.29) is 37.5 Å². The highest BCUT2D eigenvalue weighted by atomic mass is 16.6. The molecule has 356 valence electrons. The zero-order valence-electron chi connectivity index (χ0n) is 40.5. The van der Waals surface area contributed by atoms with E-state index in [1.165, 1.54) is 70.6 Å². The molecule has 0 saturated carbocycles. The normalized spacial score (nSPS) is 13.0. The third-order valence-corrected chi connectivity index (χ3v) is 10.4. The maximum Gasteiger partial charge on any atom is 0.306 e. The molecule has 0 fully saturated rings. The molecule has 0 saturated heterocycles. The summed E-state index contributed by atoms with van der Waals surface area (Å²) in [6, 6.07) is 0. The summed E-state index contributed by atoms with van der Waals surface area (Å²) < 4.78 is 16.7. The molecule has 0 radical (unpaired) electrons. The van der Waals surface area contributed by atoms with Crippen LogP contribution in [0.15, 0.2) is 109 Å². The van der Waals surface area contributed by atoms with E-state index in [0.29, 0.717) is 19.3 Å². The first kappa shape index (κ1) is 59.1. The average molecular weight is 873 g/mol. The van der Waals surface area contributed by atoms with Crippen molar-refractivity contribution in [3.05, 3.63) is 109 Å². The van der Waals surface area contributed by atoms with E-state index in [4.69, 9.17) is 14.2 Å². The Balaban J connectivity index is 4.44. The lowest BCUT2D eigenvalue weighted by molar-refractivity contribution is -0.167. The third-order valence-electron chi connectivity index (χ3n) is 10.4. The van der Waals surface area contributed by atoms with Crippen LogP contribution in [0.2, 0.25) is 0 Å². The van der Waals surface area contributed by atoms with Crippen LogP contribution >= 0.6 is 0 Å². The quantitative estimate of drug-likeness (QED) is 0.0199. The predicted molar refractivity (Wildman–Crippen MR) is 270 cm³/mol. The minimum absolute atomic E-state index is 0.103. The number of rotatable bonds is 44. The topological polar surface area (TPSA) is 78.9 Å². The van der Waals surface area contributed by atoms with E-state index in [9.17, 15) is 14.4 Å². The van der Waals surface area contributed by atoms with Crippen molar-refractivity contribution >= 4 is 17.9 Å². The van der Waals surface area contributed by atoms with Gasteiger partial charge < -0.3 is 14.2 Å². The molecule has 0 aromatic rings. The first-order valence-electron chi connectivity index (χ1n) is 25.5. The van der Waals surface area contributed by atoms with Gasteiger partial charge in [0, 0.05) is 19.3 Å². The minimum atomic E-state index is -0.806. The molecule has 6 heteroatoms.